The average Bonchev–Trinajstić information content (AvgIpc) is 2.48. The minimum Gasteiger partial charge on any atom is -0.313 e. The maximum Gasteiger partial charge on any atom is 0.365 e. The smallest absolute Gasteiger partial charge is 0.313 e. The summed E-state index contributed by atoms with van der Waals surface area (Å²) in [5.41, 5.74) is 2.52. The summed E-state index contributed by atoms with van der Waals surface area (Å²) in [6, 6.07) is 8.91. The van der Waals surface area contributed by atoms with E-state index in [2.05, 4.69) is 23.2 Å². The topological polar surface area (TPSA) is 41.9 Å². The maximum atomic E-state index is 11.9. The van der Waals surface area contributed by atoms with Crippen LogP contribution >= 0.6 is 0 Å². The van der Waals surface area contributed by atoms with Crippen LogP contribution in [0.15, 0.2) is 47.1 Å². The van der Waals surface area contributed by atoms with Gasteiger partial charge in [-0.1, -0.05) is 36.4 Å². The number of oxime groups is 1. The number of nitrogens with zero attached hydrogens (tertiary/aromatic N) is 2. The zero-order valence-corrected chi connectivity index (χ0v) is 12.0. The molecule has 1 aromatic carbocycles. The minimum absolute atomic E-state index is 0.415. The fourth-order valence-corrected chi connectivity index (χ4v) is 2.18. The molecule has 1 aliphatic heterocycles. The van der Waals surface area contributed by atoms with Gasteiger partial charge in [0, 0.05) is 13.1 Å². The Morgan fingerprint density at radius 1 is 1.35 bits per heavy atom. The lowest BCUT2D eigenvalue weighted by Crippen LogP contribution is -2.28. The molecule has 1 aliphatic rings. The van der Waals surface area contributed by atoms with Crippen molar-refractivity contribution in [3.63, 3.8) is 0 Å². The van der Waals surface area contributed by atoms with Crippen LogP contribution in [0.4, 0.5) is 0 Å². The quantitative estimate of drug-likeness (QED) is 0.481. The van der Waals surface area contributed by atoms with Crippen LogP contribution in [0.1, 0.15) is 30.1 Å². The molecule has 0 N–H and O–H groups in total. The van der Waals surface area contributed by atoms with Gasteiger partial charge in [0.2, 0.25) is 0 Å². The van der Waals surface area contributed by atoms with Crippen molar-refractivity contribution in [3.8, 4) is 0 Å². The summed E-state index contributed by atoms with van der Waals surface area (Å²) in [6.07, 6.45) is 3.94. The second kappa shape index (κ2) is 7.01. The summed E-state index contributed by atoms with van der Waals surface area (Å²) in [6.45, 7) is 3.94. The Hall–Kier alpha value is -1.94. The Morgan fingerprint density at radius 2 is 2.10 bits per heavy atom. The summed E-state index contributed by atoms with van der Waals surface area (Å²) in [5.74, 6) is -0.415. The fraction of sp³-hybridized carbons (Fsp3) is 0.375. The highest BCUT2D eigenvalue weighted by Crippen LogP contribution is 2.12. The molecule has 0 saturated carbocycles. The summed E-state index contributed by atoms with van der Waals surface area (Å²) in [7, 11) is 2.08. The summed E-state index contributed by atoms with van der Waals surface area (Å²) in [5, 5.41) is 4.05. The van der Waals surface area contributed by atoms with E-state index in [1.54, 1.807) is 24.3 Å². The zero-order chi connectivity index (χ0) is 14.4. The molecule has 0 radical (unpaired) electrons. The largest absolute Gasteiger partial charge is 0.365 e. The number of hydrogen-bond donors (Lipinski definition) is 0. The van der Waals surface area contributed by atoms with Gasteiger partial charge in [-0.15, -0.1) is 0 Å². The lowest BCUT2D eigenvalue weighted by Gasteiger charge is -2.23. The van der Waals surface area contributed by atoms with Gasteiger partial charge in [-0.05, 0) is 37.6 Å². The fourth-order valence-electron chi connectivity index (χ4n) is 2.18. The molecule has 0 bridgehead atoms. The molecule has 0 unspecified atom stereocenters. The molecule has 0 saturated heterocycles. The predicted molar refractivity (Wildman–Crippen MR) is 79.8 cm³/mol. The SMILES string of the molecule is CCC(=NOC(=O)c1ccccc1)C1=CCCN(C)C1. The van der Waals surface area contributed by atoms with Crippen molar-refractivity contribution in [1.82, 2.24) is 4.90 Å². The second-order valence-electron chi connectivity index (χ2n) is 4.89. The van der Waals surface area contributed by atoms with Crippen LogP contribution in [0.5, 0.6) is 0 Å². The molecule has 4 nitrogen and oxygen atoms in total. The van der Waals surface area contributed by atoms with Crippen LogP contribution in [-0.4, -0.2) is 36.7 Å². The molecule has 0 aliphatic carbocycles. The van der Waals surface area contributed by atoms with Crippen LogP contribution in [0.2, 0.25) is 0 Å². The Labute approximate surface area is 119 Å². The molecule has 1 heterocycles. The van der Waals surface area contributed by atoms with Crippen LogP contribution in [-0.2, 0) is 4.84 Å². The number of likely N-dealkylation sites (N-methyl/N-ethyl adjacent to an activating group) is 1. The van der Waals surface area contributed by atoms with E-state index in [9.17, 15) is 4.79 Å². The van der Waals surface area contributed by atoms with Crippen LogP contribution in [0.25, 0.3) is 0 Å². The summed E-state index contributed by atoms with van der Waals surface area (Å²) >= 11 is 0. The van der Waals surface area contributed by atoms with Gasteiger partial charge in [0.15, 0.2) is 0 Å². The van der Waals surface area contributed by atoms with Gasteiger partial charge in [0.25, 0.3) is 0 Å². The van der Waals surface area contributed by atoms with Crippen molar-refractivity contribution in [2.24, 2.45) is 5.16 Å². The Balaban J connectivity index is 2.05. The van der Waals surface area contributed by atoms with Gasteiger partial charge in [0.05, 0.1) is 11.3 Å². The molecular weight excluding hydrogens is 252 g/mol. The van der Waals surface area contributed by atoms with E-state index >= 15 is 0 Å². The molecule has 106 valence electrons. The maximum absolute atomic E-state index is 11.9. The van der Waals surface area contributed by atoms with Crippen molar-refractivity contribution in [2.75, 3.05) is 20.1 Å². The lowest BCUT2D eigenvalue weighted by molar-refractivity contribution is 0.0515. The standard InChI is InChI=1S/C16H20N2O2/c1-3-15(14-10-7-11-18(2)12-14)17-20-16(19)13-8-5-4-6-9-13/h4-6,8-10H,3,7,11-12H2,1-2H3. The first-order chi connectivity index (χ1) is 9.70. The molecule has 20 heavy (non-hydrogen) atoms. The molecule has 1 aromatic rings. The van der Waals surface area contributed by atoms with Gasteiger partial charge in [-0.3, -0.25) is 0 Å². The number of rotatable bonds is 4. The predicted octanol–water partition coefficient (Wildman–Crippen LogP) is 2.87. The van der Waals surface area contributed by atoms with E-state index in [1.165, 1.54) is 0 Å². The monoisotopic (exact) mass is 272 g/mol. The van der Waals surface area contributed by atoms with E-state index in [0.29, 0.717) is 5.56 Å². The highest BCUT2D eigenvalue weighted by Gasteiger charge is 2.14. The molecular formula is C16H20N2O2. The Kier molecular flexibility index (Phi) is 5.07. The Morgan fingerprint density at radius 3 is 2.75 bits per heavy atom. The van der Waals surface area contributed by atoms with Gasteiger partial charge < -0.3 is 9.74 Å². The normalized spacial score (nSPS) is 16.7. The highest BCUT2D eigenvalue weighted by atomic mass is 16.7. The third kappa shape index (κ3) is 3.78. The van der Waals surface area contributed by atoms with Crippen molar-refractivity contribution < 1.29 is 9.63 Å². The second-order valence-corrected chi connectivity index (χ2v) is 4.89. The van der Waals surface area contributed by atoms with E-state index in [4.69, 9.17) is 4.84 Å². The van der Waals surface area contributed by atoms with Gasteiger partial charge in [0.1, 0.15) is 0 Å². The average molecular weight is 272 g/mol. The number of carbonyl (C=O) groups is 1. The molecule has 0 amide bonds. The minimum atomic E-state index is -0.415. The van der Waals surface area contributed by atoms with Crippen LogP contribution in [0.3, 0.4) is 0 Å². The van der Waals surface area contributed by atoms with Crippen molar-refractivity contribution in [3.05, 3.63) is 47.5 Å². The van der Waals surface area contributed by atoms with E-state index in [1.807, 2.05) is 13.0 Å². The first-order valence-electron chi connectivity index (χ1n) is 6.92. The van der Waals surface area contributed by atoms with Gasteiger partial charge >= 0.3 is 5.97 Å². The first-order valence-corrected chi connectivity index (χ1v) is 6.92. The Bertz CT molecular complexity index is 521. The number of carbonyl (C=O) groups excluding carboxylic acids is 1. The molecule has 0 aromatic heterocycles. The van der Waals surface area contributed by atoms with E-state index in [-0.39, 0.29) is 0 Å². The molecule has 0 atom stereocenters. The van der Waals surface area contributed by atoms with Crippen molar-refractivity contribution >= 4 is 11.7 Å². The highest BCUT2D eigenvalue weighted by molar-refractivity contribution is 6.00. The molecule has 4 heteroatoms. The molecule has 0 spiro atoms. The lowest BCUT2D eigenvalue weighted by atomic mass is 10.0. The van der Waals surface area contributed by atoms with Crippen LogP contribution < -0.4 is 0 Å². The van der Waals surface area contributed by atoms with Gasteiger partial charge in [-0.2, -0.15) is 0 Å². The third-order valence-corrected chi connectivity index (χ3v) is 3.30. The van der Waals surface area contributed by atoms with Gasteiger partial charge in [-0.25, -0.2) is 4.79 Å². The molecule has 0 fully saturated rings. The van der Waals surface area contributed by atoms with Crippen molar-refractivity contribution in [1.29, 1.82) is 0 Å². The first kappa shape index (κ1) is 14.5. The van der Waals surface area contributed by atoms with Crippen LogP contribution in [0, 0.1) is 0 Å². The molecule has 2 rings (SSSR count). The summed E-state index contributed by atoms with van der Waals surface area (Å²) < 4.78 is 0. The summed E-state index contributed by atoms with van der Waals surface area (Å²) in [4.78, 5) is 19.1. The zero-order valence-electron chi connectivity index (χ0n) is 12.0. The van der Waals surface area contributed by atoms with E-state index < -0.39 is 5.97 Å². The number of benzene rings is 1. The number of hydrogen-bond acceptors (Lipinski definition) is 4. The third-order valence-electron chi connectivity index (χ3n) is 3.30. The van der Waals surface area contributed by atoms with Crippen molar-refractivity contribution in [2.45, 2.75) is 19.8 Å². The van der Waals surface area contributed by atoms with E-state index in [0.717, 1.165) is 37.2 Å².